The highest BCUT2D eigenvalue weighted by Crippen LogP contribution is 2.24. The lowest BCUT2D eigenvalue weighted by atomic mass is 10.0. The van der Waals surface area contributed by atoms with Crippen LogP contribution in [-0.2, 0) is 11.2 Å². The number of carbonyl (C=O) groups is 1. The molecule has 8 nitrogen and oxygen atoms in total. The summed E-state index contributed by atoms with van der Waals surface area (Å²) in [6, 6.07) is 5.67. The van der Waals surface area contributed by atoms with Crippen molar-refractivity contribution in [2.75, 3.05) is 24.5 Å². The molecule has 23 heavy (non-hydrogen) atoms. The molecule has 8 heteroatoms. The molecule has 1 unspecified atom stereocenters. The fourth-order valence-electron chi connectivity index (χ4n) is 2.62. The Morgan fingerprint density at radius 3 is 3.04 bits per heavy atom. The minimum Gasteiger partial charge on any atom is -0.386 e. The van der Waals surface area contributed by atoms with E-state index < -0.39 is 5.60 Å². The predicted octanol–water partition coefficient (Wildman–Crippen LogP) is 0.0731. The molecule has 3 heterocycles. The van der Waals surface area contributed by atoms with Gasteiger partial charge in [-0.1, -0.05) is 16.4 Å². The van der Waals surface area contributed by atoms with E-state index >= 15 is 0 Å². The van der Waals surface area contributed by atoms with Crippen molar-refractivity contribution in [1.29, 1.82) is 0 Å². The van der Waals surface area contributed by atoms with Gasteiger partial charge in [-0.2, -0.15) is 0 Å². The molecule has 0 radical (unpaired) electrons. The first-order valence-corrected chi connectivity index (χ1v) is 7.49. The van der Waals surface area contributed by atoms with Crippen LogP contribution in [0.3, 0.4) is 0 Å². The number of β-amino-alcohol motifs (C(OH)–C–C–N with tert-alkyl or cyclic N) is 1. The summed E-state index contributed by atoms with van der Waals surface area (Å²) in [5.74, 6) is 0.618. The molecule has 1 saturated heterocycles. The molecule has 2 aromatic rings. The molecule has 0 bridgehead atoms. The van der Waals surface area contributed by atoms with Gasteiger partial charge in [0, 0.05) is 25.8 Å². The monoisotopic (exact) mass is 317 g/mol. The van der Waals surface area contributed by atoms with Crippen molar-refractivity contribution in [3.63, 3.8) is 0 Å². The Kier molecular flexibility index (Phi) is 4.24. The van der Waals surface area contributed by atoms with Crippen molar-refractivity contribution in [3.05, 3.63) is 35.8 Å². The Morgan fingerprint density at radius 2 is 2.35 bits per heavy atom. The Hall–Kier alpha value is -2.48. The molecular weight excluding hydrogens is 298 g/mol. The van der Waals surface area contributed by atoms with Gasteiger partial charge in [0.2, 0.25) is 5.91 Å². The second kappa shape index (κ2) is 6.33. The third-order valence-electron chi connectivity index (χ3n) is 3.99. The predicted molar refractivity (Wildman–Crippen MR) is 81.8 cm³/mol. The number of amides is 1. The number of aliphatic hydroxyl groups is 1. The van der Waals surface area contributed by atoms with E-state index in [1.54, 1.807) is 13.1 Å². The fourth-order valence-corrected chi connectivity index (χ4v) is 2.62. The third kappa shape index (κ3) is 3.65. The highest BCUT2D eigenvalue weighted by molar-refractivity contribution is 5.78. The average molecular weight is 317 g/mol. The Labute approximate surface area is 133 Å². The van der Waals surface area contributed by atoms with Gasteiger partial charge in [-0.15, -0.1) is 0 Å². The Balaban J connectivity index is 1.52. The molecular formula is C15H19N5O3. The number of hydrogen-bond donors (Lipinski definition) is 2. The molecule has 1 aliphatic rings. The number of pyridine rings is 1. The van der Waals surface area contributed by atoms with Crippen LogP contribution in [0.5, 0.6) is 0 Å². The minimum atomic E-state index is -0.954. The summed E-state index contributed by atoms with van der Waals surface area (Å²) >= 11 is 0. The maximum atomic E-state index is 12.0. The van der Waals surface area contributed by atoms with Crippen molar-refractivity contribution in [2.45, 2.75) is 25.4 Å². The summed E-state index contributed by atoms with van der Waals surface area (Å²) in [6.45, 7) is 3.07. The summed E-state index contributed by atoms with van der Waals surface area (Å²) in [7, 11) is 0. The number of anilines is 1. The number of nitrogens with one attached hydrogen (secondary N) is 1. The van der Waals surface area contributed by atoms with Gasteiger partial charge in [0.05, 0.1) is 6.42 Å². The number of hydrogen-bond acceptors (Lipinski definition) is 7. The molecule has 0 aliphatic carbocycles. The summed E-state index contributed by atoms with van der Waals surface area (Å²) in [6.07, 6.45) is 2.40. The van der Waals surface area contributed by atoms with Crippen molar-refractivity contribution < 1.29 is 14.5 Å². The summed E-state index contributed by atoms with van der Waals surface area (Å²) in [5.41, 5.74) is 0.154. The first kappa shape index (κ1) is 15.4. The second-order valence-corrected chi connectivity index (χ2v) is 5.83. The van der Waals surface area contributed by atoms with Gasteiger partial charge in [-0.05, 0) is 25.5 Å². The van der Waals surface area contributed by atoms with E-state index in [1.807, 2.05) is 23.1 Å². The lowest BCUT2D eigenvalue weighted by molar-refractivity contribution is -0.121. The van der Waals surface area contributed by atoms with Crippen LogP contribution in [0, 0.1) is 6.92 Å². The molecule has 0 spiro atoms. The molecule has 1 amide bonds. The van der Waals surface area contributed by atoms with Crippen LogP contribution in [0.4, 0.5) is 5.82 Å². The van der Waals surface area contributed by atoms with E-state index in [0.717, 1.165) is 5.82 Å². The van der Waals surface area contributed by atoms with E-state index in [2.05, 4.69) is 25.2 Å². The number of nitrogens with zero attached hydrogens (tertiary/aromatic N) is 4. The summed E-state index contributed by atoms with van der Waals surface area (Å²) < 4.78 is 4.56. The van der Waals surface area contributed by atoms with Crippen molar-refractivity contribution in [3.8, 4) is 0 Å². The van der Waals surface area contributed by atoms with Gasteiger partial charge in [0.25, 0.3) is 0 Å². The molecule has 1 aliphatic heterocycles. The second-order valence-electron chi connectivity index (χ2n) is 5.83. The normalized spacial score (nSPS) is 20.7. The van der Waals surface area contributed by atoms with E-state index in [0.29, 0.717) is 30.9 Å². The van der Waals surface area contributed by atoms with Gasteiger partial charge in [-0.25, -0.2) is 9.61 Å². The molecule has 0 aromatic carbocycles. The van der Waals surface area contributed by atoms with E-state index in [4.69, 9.17) is 0 Å². The lowest BCUT2D eigenvalue weighted by Gasteiger charge is -2.24. The number of rotatable bonds is 5. The van der Waals surface area contributed by atoms with Gasteiger partial charge in [0.1, 0.15) is 22.8 Å². The molecule has 2 N–H and O–H groups in total. The van der Waals surface area contributed by atoms with Crippen LogP contribution in [0.1, 0.15) is 17.8 Å². The van der Waals surface area contributed by atoms with Gasteiger partial charge >= 0.3 is 0 Å². The molecule has 1 atom stereocenters. The smallest absolute Gasteiger partial charge is 0.226 e. The molecule has 3 rings (SSSR count). The van der Waals surface area contributed by atoms with Crippen LogP contribution < -0.4 is 10.2 Å². The van der Waals surface area contributed by atoms with Crippen LogP contribution in [0.25, 0.3) is 0 Å². The molecule has 1 fully saturated rings. The maximum absolute atomic E-state index is 12.0. The summed E-state index contributed by atoms with van der Waals surface area (Å²) in [4.78, 5) is 18.3. The van der Waals surface area contributed by atoms with Crippen molar-refractivity contribution >= 4 is 11.7 Å². The van der Waals surface area contributed by atoms with Crippen molar-refractivity contribution in [1.82, 2.24) is 20.6 Å². The number of carbonyl (C=O) groups excluding carboxylic acids is 1. The molecule has 122 valence electrons. The molecule has 2 aromatic heterocycles. The van der Waals surface area contributed by atoms with Gasteiger partial charge in [0.15, 0.2) is 0 Å². The van der Waals surface area contributed by atoms with Crippen LogP contribution in [-0.4, -0.2) is 51.5 Å². The SMILES string of the molecule is Cc1nonc1CC(=O)NCC1(O)CCN(c2ccccn2)C1. The van der Waals surface area contributed by atoms with Crippen molar-refractivity contribution in [2.24, 2.45) is 0 Å². The Morgan fingerprint density at radius 1 is 1.48 bits per heavy atom. The zero-order valence-electron chi connectivity index (χ0n) is 12.9. The average Bonchev–Trinajstić information content (AvgIpc) is 3.14. The van der Waals surface area contributed by atoms with Crippen LogP contribution in [0.15, 0.2) is 29.0 Å². The van der Waals surface area contributed by atoms with E-state index in [-0.39, 0.29) is 18.9 Å². The zero-order valence-corrected chi connectivity index (χ0v) is 12.9. The zero-order chi connectivity index (χ0) is 16.3. The highest BCUT2D eigenvalue weighted by atomic mass is 16.6. The topological polar surface area (TPSA) is 104 Å². The third-order valence-corrected chi connectivity index (χ3v) is 3.99. The summed E-state index contributed by atoms with van der Waals surface area (Å²) in [5, 5.41) is 20.7. The van der Waals surface area contributed by atoms with E-state index in [1.165, 1.54) is 0 Å². The fraction of sp³-hybridized carbons (Fsp3) is 0.467. The lowest BCUT2D eigenvalue weighted by Crippen LogP contribution is -2.45. The van der Waals surface area contributed by atoms with Crippen LogP contribution >= 0.6 is 0 Å². The molecule has 0 saturated carbocycles. The minimum absolute atomic E-state index is 0.0926. The first-order chi connectivity index (χ1) is 11.1. The van der Waals surface area contributed by atoms with Crippen LogP contribution in [0.2, 0.25) is 0 Å². The Bertz CT molecular complexity index is 675. The number of aromatic nitrogens is 3. The van der Waals surface area contributed by atoms with Gasteiger partial charge < -0.3 is 15.3 Å². The van der Waals surface area contributed by atoms with E-state index in [9.17, 15) is 9.90 Å². The van der Waals surface area contributed by atoms with Gasteiger partial charge in [-0.3, -0.25) is 4.79 Å². The largest absolute Gasteiger partial charge is 0.386 e. The standard InChI is InChI=1S/C15H19N5O3/c1-11-12(19-23-18-11)8-14(21)17-9-15(22)5-7-20(10-15)13-4-2-3-6-16-13/h2-4,6,22H,5,7-10H2,1H3,(H,17,21). The number of aryl methyl sites for hydroxylation is 1. The first-order valence-electron chi connectivity index (χ1n) is 7.49. The quantitative estimate of drug-likeness (QED) is 0.804. The maximum Gasteiger partial charge on any atom is 0.226 e. The highest BCUT2D eigenvalue weighted by Gasteiger charge is 2.36.